The minimum Gasteiger partial charge on any atom is -0.397 e. The van der Waals surface area contributed by atoms with Crippen molar-refractivity contribution in [2.75, 3.05) is 36.9 Å². The van der Waals surface area contributed by atoms with Crippen molar-refractivity contribution in [2.45, 2.75) is 0 Å². The molecule has 0 radical (unpaired) electrons. The molecule has 4 heteroatoms. The Labute approximate surface area is 88.9 Å². The topological polar surface area (TPSA) is 62.3 Å². The molecule has 2 N–H and O–H groups in total. The van der Waals surface area contributed by atoms with Crippen LogP contribution in [-0.4, -0.2) is 26.3 Å². The van der Waals surface area contributed by atoms with Gasteiger partial charge < -0.3 is 15.4 Å². The molecule has 0 spiro atoms. The predicted octanol–water partition coefficient (Wildman–Crippen LogP) is 0.977. The number of hydrogen-bond acceptors (Lipinski definition) is 4. The molecule has 0 aromatic heterocycles. The van der Waals surface area contributed by atoms with E-state index < -0.39 is 0 Å². The number of anilines is 2. The highest BCUT2D eigenvalue weighted by molar-refractivity contribution is 5.69. The van der Waals surface area contributed by atoms with Crippen molar-refractivity contribution >= 4 is 11.4 Å². The Morgan fingerprint density at radius 3 is 2.73 bits per heavy atom. The Balaban J connectivity index is 2.29. The lowest BCUT2D eigenvalue weighted by atomic mass is 10.1. The largest absolute Gasteiger partial charge is 0.397 e. The van der Waals surface area contributed by atoms with Gasteiger partial charge in [-0.3, -0.25) is 0 Å². The van der Waals surface area contributed by atoms with Crippen LogP contribution in [0.4, 0.5) is 11.4 Å². The normalized spacial score (nSPS) is 16.1. The molecule has 15 heavy (non-hydrogen) atoms. The number of rotatable bonds is 1. The van der Waals surface area contributed by atoms with E-state index in [4.69, 9.17) is 15.7 Å². The van der Waals surface area contributed by atoms with Gasteiger partial charge in [0.05, 0.1) is 36.2 Å². The van der Waals surface area contributed by atoms with Crippen molar-refractivity contribution < 1.29 is 4.74 Å². The molecule has 0 atom stereocenters. The van der Waals surface area contributed by atoms with Crippen molar-refractivity contribution in [3.05, 3.63) is 23.8 Å². The predicted molar refractivity (Wildman–Crippen MR) is 58.6 cm³/mol. The Morgan fingerprint density at radius 2 is 2.07 bits per heavy atom. The summed E-state index contributed by atoms with van der Waals surface area (Å²) < 4.78 is 5.27. The number of nitriles is 1. The van der Waals surface area contributed by atoms with Crippen LogP contribution in [0.2, 0.25) is 0 Å². The maximum absolute atomic E-state index is 8.82. The van der Waals surface area contributed by atoms with Gasteiger partial charge in [-0.05, 0) is 18.2 Å². The third kappa shape index (κ3) is 2.03. The molecular formula is C11H13N3O. The highest BCUT2D eigenvalue weighted by Crippen LogP contribution is 2.24. The molecule has 1 aromatic carbocycles. The Hall–Kier alpha value is -1.73. The summed E-state index contributed by atoms with van der Waals surface area (Å²) in [5.74, 6) is 0. The van der Waals surface area contributed by atoms with E-state index in [0.717, 1.165) is 37.7 Å². The Kier molecular flexibility index (Phi) is 2.75. The SMILES string of the molecule is N#Cc1ccc(N)c(N2CCOCC2)c1. The Bertz CT molecular complexity index is 391. The second-order valence-corrected chi connectivity index (χ2v) is 3.48. The second kappa shape index (κ2) is 4.20. The van der Waals surface area contributed by atoms with E-state index in [1.165, 1.54) is 0 Å². The zero-order valence-corrected chi connectivity index (χ0v) is 8.44. The van der Waals surface area contributed by atoms with Gasteiger partial charge in [0.2, 0.25) is 0 Å². The molecule has 2 rings (SSSR count). The number of benzene rings is 1. The molecule has 0 aliphatic carbocycles. The zero-order valence-electron chi connectivity index (χ0n) is 8.44. The van der Waals surface area contributed by atoms with Crippen molar-refractivity contribution in [2.24, 2.45) is 0 Å². The van der Waals surface area contributed by atoms with Gasteiger partial charge >= 0.3 is 0 Å². The third-order valence-corrected chi connectivity index (χ3v) is 2.51. The summed E-state index contributed by atoms with van der Waals surface area (Å²) in [5.41, 5.74) is 8.19. The molecule has 1 heterocycles. The van der Waals surface area contributed by atoms with Crippen molar-refractivity contribution in [1.29, 1.82) is 5.26 Å². The second-order valence-electron chi connectivity index (χ2n) is 3.48. The first-order valence-corrected chi connectivity index (χ1v) is 4.93. The van der Waals surface area contributed by atoms with Crippen LogP contribution in [0.25, 0.3) is 0 Å². The average molecular weight is 203 g/mol. The van der Waals surface area contributed by atoms with Crippen LogP contribution >= 0.6 is 0 Å². The fourth-order valence-electron chi connectivity index (χ4n) is 1.69. The first-order valence-electron chi connectivity index (χ1n) is 4.93. The van der Waals surface area contributed by atoms with E-state index in [1.807, 2.05) is 6.07 Å². The number of nitrogen functional groups attached to an aromatic ring is 1. The summed E-state index contributed by atoms with van der Waals surface area (Å²) in [5, 5.41) is 8.82. The quantitative estimate of drug-likeness (QED) is 0.691. The molecular weight excluding hydrogens is 190 g/mol. The van der Waals surface area contributed by atoms with Crippen LogP contribution < -0.4 is 10.6 Å². The minimum atomic E-state index is 0.644. The lowest BCUT2D eigenvalue weighted by Crippen LogP contribution is -2.36. The van der Waals surface area contributed by atoms with Gasteiger partial charge in [-0.2, -0.15) is 5.26 Å². The fraction of sp³-hybridized carbons (Fsp3) is 0.364. The van der Waals surface area contributed by atoms with E-state index in [9.17, 15) is 0 Å². The van der Waals surface area contributed by atoms with Gasteiger partial charge in [0.1, 0.15) is 0 Å². The lowest BCUT2D eigenvalue weighted by Gasteiger charge is -2.29. The van der Waals surface area contributed by atoms with Gasteiger partial charge in [-0.15, -0.1) is 0 Å². The van der Waals surface area contributed by atoms with E-state index in [-0.39, 0.29) is 0 Å². The highest BCUT2D eigenvalue weighted by atomic mass is 16.5. The Morgan fingerprint density at radius 1 is 1.33 bits per heavy atom. The average Bonchev–Trinajstić information content (AvgIpc) is 2.31. The summed E-state index contributed by atoms with van der Waals surface area (Å²) >= 11 is 0. The van der Waals surface area contributed by atoms with Gasteiger partial charge in [0.25, 0.3) is 0 Å². The van der Waals surface area contributed by atoms with Crippen LogP contribution in [0.5, 0.6) is 0 Å². The van der Waals surface area contributed by atoms with E-state index in [0.29, 0.717) is 5.56 Å². The summed E-state index contributed by atoms with van der Waals surface area (Å²) in [6, 6.07) is 7.47. The molecule has 0 bridgehead atoms. The summed E-state index contributed by atoms with van der Waals surface area (Å²) in [6.45, 7) is 3.10. The van der Waals surface area contributed by atoms with Gasteiger partial charge in [0, 0.05) is 13.1 Å². The summed E-state index contributed by atoms with van der Waals surface area (Å²) in [7, 11) is 0. The number of morpholine rings is 1. The van der Waals surface area contributed by atoms with Crippen LogP contribution in [0.1, 0.15) is 5.56 Å². The number of ether oxygens (including phenoxy) is 1. The smallest absolute Gasteiger partial charge is 0.0992 e. The van der Waals surface area contributed by atoms with Crippen molar-refractivity contribution in [3.8, 4) is 6.07 Å². The minimum absolute atomic E-state index is 0.644. The fourth-order valence-corrected chi connectivity index (χ4v) is 1.69. The van der Waals surface area contributed by atoms with E-state index >= 15 is 0 Å². The maximum atomic E-state index is 8.82. The number of nitrogens with two attached hydrogens (primary N) is 1. The van der Waals surface area contributed by atoms with E-state index in [2.05, 4.69) is 11.0 Å². The maximum Gasteiger partial charge on any atom is 0.0992 e. The molecule has 1 aliphatic heterocycles. The molecule has 4 nitrogen and oxygen atoms in total. The van der Waals surface area contributed by atoms with Crippen LogP contribution in [-0.2, 0) is 4.74 Å². The summed E-state index contributed by atoms with van der Waals surface area (Å²) in [6.07, 6.45) is 0. The van der Waals surface area contributed by atoms with Gasteiger partial charge in [-0.1, -0.05) is 0 Å². The first kappa shape index (κ1) is 9.81. The van der Waals surface area contributed by atoms with Crippen LogP contribution in [0.15, 0.2) is 18.2 Å². The molecule has 0 amide bonds. The van der Waals surface area contributed by atoms with Crippen LogP contribution in [0.3, 0.4) is 0 Å². The monoisotopic (exact) mass is 203 g/mol. The number of hydrogen-bond donors (Lipinski definition) is 1. The highest BCUT2D eigenvalue weighted by Gasteiger charge is 2.13. The molecule has 1 aromatic rings. The summed E-state index contributed by atoms with van der Waals surface area (Å²) in [4.78, 5) is 2.15. The molecule has 1 saturated heterocycles. The third-order valence-electron chi connectivity index (χ3n) is 2.51. The molecule has 0 saturated carbocycles. The molecule has 1 aliphatic rings. The lowest BCUT2D eigenvalue weighted by molar-refractivity contribution is 0.123. The van der Waals surface area contributed by atoms with Crippen LogP contribution in [0, 0.1) is 11.3 Å². The van der Waals surface area contributed by atoms with Crippen molar-refractivity contribution in [3.63, 3.8) is 0 Å². The molecule has 78 valence electrons. The van der Waals surface area contributed by atoms with Crippen molar-refractivity contribution in [1.82, 2.24) is 0 Å². The van der Waals surface area contributed by atoms with Gasteiger partial charge in [0.15, 0.2) is 0 Å². The first-order chi connectivity index (χ1) is 7.31. The zero-order chi connectivity index (χ0) is 10.7. The van der Waals surface area contributed by atoms with E-state index in [1.54, 1.807) is 12.1 Å². The molecule has 1 fully saturated rings. The molecule has 0 unspecified atom stereocenters. The standard InChI is InChI=1S/C11H13N3O/c12-8-9-1-2-10(13)11(7-9)14-3-5-15-6-4-14/h1-2,7H,3-6,13H2. The van der Waals surface area contributed by atoms with Gasteiger partial charge in [-0.25, -0.2) is 0 Å². The number of nitrogens with zero attached hydrogens (tertiary/aromatic N) is 2.